The SMILES string of the molecule is Cc1ccc(C(C)(C)C)cc1CNc1ccccc1. The van der Waals surface area contributed by atoms with Crippen molar-refractivity contribution >= 4 is 5.69 Å². The minimum absolute atomic E-state index is 0.204. The van der Waals surface area contributed by atoms with Crippen LogP contribution in [0.1, 0.15) is 37.5 Å². The molecule has 0 saturated heterocycles. The van der Waals surface area contributed by atoms with Gasteiger partial charge in [-0.25, -0.2) is 0 Å². The molecule has 0 saturated carbocycles. The Kier molecular flexibility index (Phi) is 3.94. The van der Waals surface area contributed by atoms with Crippen molar-refractivity contribution in [3.8, 4) is 0 Å². The van der Waals surface area contributed by atoms with Gasteiger partial charge in [-0.05, 0) is 41.2 Å². The molecule has 2 rings (SSSR count). The molecule has 0 heterocycles. The number of hydrogen-bond acceptors (Lipinski definition) is 1. The van der Waals surface area contributed by atoms with Crippen molar-refractivity contribution in [2.75, 3.05) is 5.32 Å². The molecule has 100 valence electrons. The van der Waals surface area contributed by atoms with E-state index in [1.807, 2.05) is 6.07 Å². The zero-order chi connectivity index (χ0) is 13.9. The summed E-state index contributed by atoms with van der Waals surface area (Å²) in [6.07, 6.45) is 0. The highest BCUT2D eigenvalue weighted by Gasteiger charge is 2.14. The summed E-state index contributed by atoms with van der Waals surface area (Å²) in [5, 5.41) is 3.48. The second-order valence-corrected chi connectivity index (χ2v) is 6.11. The van der Waals surface area contributed by atoms with Gasteiger partial charge >= 0.3 is 0 Å². The normalized spacial score (nSPS) is 11.4. The first-order valence-corrected chi connectivity index (χ1v) is 6.86. The van der Waals surface area contributed by atoms with E-state index < -0.39 is 0 Å². The first-order chi connectivity index (χ1) is 8.97. The van der Waals surface area contributed by atoms with Crippen LogP contribution in [-0.4, -0.2) is 0 Å². The first-order valence-electron chi connectivity index (χ1n) is 6.86. The molecular weight excluding hydrogens is 230 g/mol. The van der Waals surface area contributed by atoms with Crippen LogP contribution < -0.4 is 5.32 Å². The monoisotopic (exact) mass is 253 g/mol. The lowest BCUT2D eigenvalue weighted by molar-refractivity contribution is 0.589. The first kappa shape index (κ1) is 13.7. The number of rotatable bonds is 3. The Labute approximate surface area is 116 Å². The van der Waals surface area contributed by atoms with Crippen molar-refractivity contribution in [2.24, 2.45) is 0 Å². The van der Waals surface area contributed by atoms with Crippen LogP contribution in [0.3, 0.4) is 0 Å². The number of aryl methyl sites for hydroxylation is 1. The van der Waals surface area contributed by atoms with E-state index in [0.29, 0.717) is 0 Å². The molecule has 1 N–H and O–H groups in total. The average molecular weight is 253 g/mol. The van der Waals surface area contributed by atoms with Gasteiger partial charge in [0.2, 0.25) is 0 Å². The molecule has 19 heavy (non-hydrogen) atoms. The van der Waals surface area contributed by atoms with Gasteiger partial charge in [-0.1, -0.05) is 57.2 Å². The second kappa shape index (κ2) is 5.48. The van der Waals surface area contributed by atoms with E-state index in [1.165, 1.54) is 22.4 Å². The third kappa shape index (κ3) is 3.60. The fraction of sp³-hybridized carbons (Fsp3) is 0.333. The molecular formula is C18H23N. The third-order valence-corrected chi connectivity index (χ3v) is 3.47. The van der Waals surface area contributed by atoms with Crippen molar-refractivity contribution in [1.29, 1.82) is 0 Å². The predicted octanol–water partition coefficient (Wildman–Crippen LogP) is 4.90. The van der Waals surface area contributed by atoms with Crippen molar-refractivity contribution in [3.05, 3.63) is 65.2 Å². The molecule has 2 aromatic carbocycles. The molecule has 0 atom stereocenters. The summed E-state index contributed by atoms with van der Waals surface area (Å²) in [5.74, 6) is 0. The van der Waals surface area contributed by atoms with Crippen LogP contribution in [0.2, 0.25) is 0 Å². The summed E-state index contributed by atoms with van der Waals surface area (Å²) in [6.45, 7) is 9.82. The minimum Gasteiger partial charge on any atom is -0.381 e. The van der Waals surface area contributed by atoms with Gasteiger partial charge in [0.1, 0.15) is 0 Å². The predicted molar refractivity (Wildman–Crippen MR) is 83.6 cm³/mol. The highest BCUT2D eigenvalue weighted by atomic mass is 14.9. The van der Waals surface area contributed by atoms with Crippen LogP contribution in [0.4, 0.5) is 5.69 Å². The second-order valence-electron chi connectivity index (χ2n) is 6.11. The topological polar surface area (TPSA) is 12.0 Å². The number of hydrogen-bond donors (Lipinski definition) is 1. The lowest BCUT2D eigenvalue weighted by atomic mass is 9.85. The molecule has 0 aliphatic heterocycles. The van der Waals surface area contributed by atoms with Gasteiger partial charge in [0.15, 0.2) is 0 Å². The van der Waals surface area contributed by atoms with E-state index >= 15 is 0 Å². The lowest BCUT2D eigenvalue weighted by Gasteiger charge is -2.21. The van der Waals surface area contributed by atoms with Gasteiger partial charge in [-0.3, -0.25) is 0 Å². The fourth-order valence-electron chi connectivity index (χ4n) is 2.08. The molecule has 0 amide bonds. The molecule has 0 aliphatic carbocycles. The number of anilines is 1. The largest absolute Gasteiger partial charge is 0.381 e. The summed E-state index contributed by atoms with van der Waals surface area (Å²) in [4.78, 5) is 0. The number of para-hydroxylation sites is 1. The Bertz CT molecular complexity index is 535. The summed E-state index contributed by atoms with van der Waals surface area (Å²) in [5.41, 5.74) is 5.48. The van der Waals surface area contributed by atoms with Crippen LogP contribution in [0.25, 0.3) is 0 Å². The van der Waals surface area contributed by atoms with Crippen LogP contribution in [0.5, 0.6) is 0 Å². The van der Waals surface area contributed by atoms with E-state index in [-0.39, 0.29) is 5.41 Å². The maximum Gasteiger partial charge on any atom is 0.0403 e. The van der Waals surface area contributed by atoms with Crippen molar-refractivity contribution in [2.45, 2.75) is 39.7 Å². The average Bonchev–Trinajstić information content (AvgIpc) is 2.37. The molecule has 1 heteroatoms. The Balaban J connectivity index is 2.16. The molecule has 0 unspecified atom stereocenters. The van der Waals surface area contributed by atoms with E-state index in [4.69, 9.17) is 0 Å². The quantitative estimate of drug-likeness (QED) is 0.820. The Hall–Kier alpha value is -1.76. The van der Waals surface area contributed by atoms with Gasteiger partial charge in [-0.15, -0.1) is 0 Å². The van der Waals surface area contributed by atoms with E-state index in [9.17, 15) is 0 Å². The Morgan fingerprint density at radius 2 is 1.63 bits per heavy atom. The zero-order valence-corrected chi connectivity index (χ0v) is 12.3. The van der Waals surface area contributed by atoms with Gasteiger partial charge in [-0.2, -0.15) is 0 Å². The summed E-state index contributed by atoms with van der Waals surface area (Å²) < 4.78 is 0. The molecule has 0 aromatic heterocycles. The smallest absolute Gasteiger partial charge is 0.0403 e. The minimum atomic E-state index is 0.204. The molecule has 0 radical (unpaired) electrons. The summed E-state index contributed by atoms with van der Waals surface area (Å²) >= 11 is 0. The molecule has 0 spiro atoms. The van der Waals surface area contributed by atoms with Crippen LogP contribution in [-0.2, 0) is 12.0 Å². The van der Waals surface area contributed by atoms with Gasteiger partial charge in [0, 0.05) is 12.2 Å². The van der Waals surface area contributed by atoms with Crippen LogP contribution >= 0.6 is 0 Å². The molecule has 1 nitrogen and oxygen atoms in total. The standard InChI is InChI=1S/C18H23N/c1-14-10-11-16(18(2,3)4)12-15(14)13-19-17-8-6-5-7-9-17/h5-12,19H,13H2,1-4H3. The molecule has 0 bridgehead atoms. The lowest BCUT2D eigenvalue weighted by Crippen LogP contribution is -2.12. The van der Waals surface area contributed by atoms with Crippen molar-refractivity contribution < 1.29 is 0 Å². The molecule has 0 aliphatic rings. The van der Waals surface area contributed by atoms with E-state index in [1.54, 1.807) is 0 Å². The fourth-order valence-corrected chi connectivity index (χ4v) is 2.08. The molecule has 0 fully saturated rings. The summed E-state index contributed by atoms with van der Waals surface area (Å²) in [7, 11) is 0. The maximum absolute atomic E-state index is 3.48. The van der Waals surface area contributed by atoms with Crippen LogP contribution in [0.15, 0.2) is 48.5 Å². The van der Waals surface area contributed by atoms with Gasteiger partial charge in [0.25, 0.3) is 0 Å². The Morgan fingerprint density at radius 1 is 0.947 bits per heavy atom. The number of benzene rings is 2. The van der Waals surface area contributed by atoms with Gasteiger partial charge in [0.05, 0.1) is 0 Å². The highest BCUT2D eigenvalue weighted by molar-refractivity contribution is 5.44. The Morgan fingerprint density at radius 3 is 2.26 bits per heavy atom. The zero-order valence-electron chi connectivity index (χ0n) is 12.3. The highest BCUT2D eigenvalue weighted by Crippen LogP contribution is 2.24. The number of nitrogens with one attached hydrogen (secondary N) is 1. The van der Waals surface area contributed by atoms with Crippen molar-refractivity contribution in [3.63, 3.8) is 0 Å². The van der Waals surface area contributed by atoms with Crippen molar-refractivity contribution in [1.82, 2.24) is 0 Å². The molecule has 2 aromatic rings. The van der Waals surface area contributed by atoms with Crippen LogP contribution in [0, 0.1) is 6.92 Å². The third-order valence-electron chi connectivity index (χ3n) is 3.47. The van der Waals surface area contributed by atoms with E-state index in [2.05, 4.69) is 75.5 Å². The van der Waals surface area contributed by atoms with Gasteiger partial charge < -0.3 is 5.32 Å². The maximum atomic E-state index is 3.48. The van der Waals surface area contributed by atoms with E-state index in [0.717, 1.165) is 6.54 Å². The summed E-state index contributed by atoms with van der Waals surface area (Å²) in [6, 6.07) is 17.1.